The van der Waals surface area contributed by atoms with Gasteiger partial charge in [-0.25, -0.2) is 0 Å². The second-order valence-corrected chi connectivity index (χ2v) is 18.2. The molecule has 1 saturated carbocycles. The lowest BCUT2D eigenvalue weighted by atomic mass is 9.55. The Morgan fingerprint density at radius 1 is 0.906 bits per heavy atom. The number of benzene rings is 2. The standard InChI is InChI=1S/C54H75N3O7/c1-5-7-8-9-10-11-12-13-17-29-51(60)57(4)50-37-48(56-63-38-41-24-15-14-16-25-41)46-35-42(26-18-20-32-58)45(28-19-21-33-59)52-47-36-44(61-39-43-27-22-23-40(3)55-43)30-31-49(47)64-54(50,53(46)52)62-34-6-2/h6,14-16,22-25,27,30-31,35-36,42,45,50,52-53,58-59H,2,5,7-13,17-21,26,28-29,32-34,37-39H2,1,3-4H3. The molecule has 6 rings (SSSR count). The zero-order chi connectivity index (χ0) is 45.2. The molecule has 6 atom stereocenters. The minimum Gasteiger partial charge on any atom is -0.487 e. The van der Waals surface area contributed by atoms with Crippen molar-refractivity contribution in [3.8, 4) is 11.5 Å². The number of carbonyl (C=O) groups is 1. The first-order chi connectivity index (χ1) is 31.3. The number of aliphatic hydroxyl groups excluding tert-OH is 2. The quantitative estimate of drug-likeness (QED) is 0.0420. The fraction of sp³-hybridized carbons (Fsp3) is 0.574. The Morgan fingerprint density at radius 3 is 2.36 bits per heavy atom. The van der Waals surface area contributed by atoms with Crippen molar-refractivity contribution in [1.82, 2.24) is 9.88 Å². The van der Waals surface area contributed by atoms with E-state index in [-0.39, 0.29) is 49.4 Å². The highest BCUT2D eigenvalue weighted by molar-refractivity contribution is 6.03. The van der Waals surface area contributed by atoms with E-state index in [0.29, 0.717) is 50.4 Å². The summed E-state index contributed by atoms with van der Waals surface area (Å²) in [6, 6.07) is 21.5. The highest BCUT2D eigenvalue weighted by Gasteiger charge is 2.65. The number of ether oxygens (including phenoxy) is 3. The molecule has 1 amide bonds. The first-order valence-electron chi connectivity index (χ1n) is 24.4. The Kier molecular flexibility index (Phi) is 19.3. The summed E-state index contributed by atoms with van der Waals surface area (Å²) in [4.78, 5) is 27.3. The number of amides is 1. The van der Waals surface area contributed by atoms with Crippen LogP contribution < -0.4 is 9.47 Å². The number of nitrogens with zero attached hydrogens (tertiary/aromatic N) is 3. The van der Waals surface area contributed by atoms with E-state index in [1.807, 2.05) is 79.5 Å². The monoisotopic (exact) mass is 878 g/mol. The van der Waals surface area contributed by atoms with E-state index in [4.69, 9.17) is 24.2 Å². The van der Waals surface area contributed by atoms with E-state index in [0.717, 1.165) is 78.7 Å². The van der Waals surface area contributed by atoms with Gasteiger partial charge >= 0.3 is 0 Å². The first kappa shape index (κ1) is 48.9. The Morgan fingerprint density at radius 2 is 1.64 bits per heavy atom. The van der Waals surface area contributed by atoms with E-state index in [9.17, 15) is 15.0 Å². The highest BCUT2D eigenvalue weighted by atomic mass is 16.7. The molecule has 2 aromatic carbocycles. The molecule has 3 aliphatic rings. The molecular formula is C54H75N3O7. The summed E-state index contributed by atoms with van der Waals surface area (Å²) in [5, 5.41) is 24.9. The number of aryl methyl sites for hydroxylation is 1. The summed E-state index contributed by atoms with van der Waals surface area (Å²) in [6.45, 7) is 9.40. The van der Waals surface area contributed by atoms with E-state index in [2.05, 4.69) is 30.6 Å². The maximum atomic E-state index is 14.5. The number of likely N-dealkylation sites (N-methyl/N-ethyl adjacent to an activating group) is 1. The Labute approximate surface area is 383 Å². The normalized spacial score (nSPS) is 22.8. The molecule has 10 heteroatoms. The summed E-state index contributed by atoms with van der Waals surface area (Å²) in [5.41, 5.74) is 5.64. The molecule has 1 fully saturated rings. The van der Waals surface area contributed by atoms with Crippen LogP contribution in [0.25, 0.3) is 0 Å². The van der Waals surface area contributed by atoms with Crippen molar-refractivity contribution < 1.29 is 34.1 Å². The molecule has 6 unspecified atom stereocenters. The summed E-state index contributed by atoms with van der Waals surface area (Å²) in [7, 11) is 1.90. The number of fused-ring (bicyclic) bond motifs is 2. The van der Waals surface area contributed by atoms with E-state index < -0.39 is 11.8 Å². The van der Waals surface area contributed by atoms with Crippen molar-refractivity contribution in [3.63, 3.8) is 0 Å². The van der Waals surface area contributed by atoms with Crippen LogP contribution in [0.3, 0.4) is 0 Å². The molecule has 3 aromatic rings. The number of aliphatic hydroxyl groups is 2. The number of aromatic nitrogens is 1. The molecule has 1 aliphatic heterocycles. The van der Waals surface area contributed by atoms with Crippen LogP contribution in [0.15, 0.2) is 96.2 Å². The third kappa shape index (κ3) is 12.6. The predicted octanol–water partition coefficient (Wildman–Crippen LogP) is 11.2. The zero-order valence-corrected chi connectivity index (χ0v) is 38.9. The molecule has 348 valence electrons. The number of unbranched alkanes of at least 4 members (excludes halogenated alkanes) is 10. The van der Waals surface area contributed by atoms with Gasteiger partial charge in [-0.05, 0) is 92.3 Å². The number of rotatable bonds is 28. The van der Waals surface area contributed by atoms with Gasteiger partial charge < -0.3 is 34.2 Å². The fourth-order valence-corrected chi connectivity index (χ4v) is 10.4. The number of pyridine rings is 1. The Hall–Kier alpha value is -4.51. The van der Waals surface area contributed by atoms with E-state index in [1.165, 1.54) is 38.5 Å². The average Bonchev–Trinajstić information content (AvgIpc) is 3.31. The summed E-state index contributed by atoms with van der Waals surface area (Å²) in [6.07, 6.45) is 20.4. The number of hydrogen-bond donors (Lipinski definition) is 2. The van der Waals surface area contributed by atoms with Crippen LogP contribution in [0.4, 0.5) is 0 Å². The minimum absolute atomic E-state index is 0.0585. The SMILES string of the molecule is C=CCOC12Oc3ccc(OCc4cccc(C)n4)cc3C3C(CCCCO)C(CCCCO)C=C(C(=NOCc4ccccc4)CC1N(C)C(=O)CCCCCCCCCCC)C32. The van der Waals surface area contributed by atoms with Crippen molar-refractivity contribution in [3.05, 3.63) is 114 Å². The van der Waals surface area contributed by atoms with Crippen molar-refractivity contribution in [2.45, 2.75) is 154 Å². The van der Waals surface area contributed by atoms with Gasteiger partial charge in [-0.15, -0.1) is 6.58 Å². The molecule has 2 heterocycles. The van der Waals surface area contributed by atoms with Gasteiger partial charge in [0.05, 0.1) is 23.9 Å². The van der Waals surface area contributed by atoms with Crippen molar-refractivity contribution in [2.24, 2.45) is 22.9 Å². The molecule has 0 saturated heterocycles. The Bertz CT molecular complexity index is 1970. The predicted molar refractivity (Wildman–Crippen MR) is 254 cm³/mol. The van der Waals surface area contributed by atoms with Gasteiger partial charge in [-0.3, -0.25) is 9.78 Å². The lowest BCUT2D eigenvalue weighted by Gasteiger charge is -2.59. The van der Waals surface area contributed by atoms with Gasteiger partial charge in [0.25, 0.3) is 0 Å². The maximum absolute atomic E-state index is 14.5. The topological polar surface area (TPSA) is 123 Å². The van der Waals surface area contributed by atoms with Crippen LogP contribution in [-0.2, 0) is 27.6 Å². The number of carbonyl (C=O) groups excluding carboxylic acids is 1. The molecule has 0 spiro atoms. The lowest BCUT2D eigenvalue weighted by molar-refractivity contribution is -0.255. The molecule has 0 bridgehead atoms. The van der Waals surface area contributed by atoms with Crippen molar-refractivity contribution in [1.29, 1.82) is 0 Å². The molecular weight excluding hydrogens is 803 g/mol. The number of allylic oxidation sites excluding steroid dienone is 1. The van der Waals surface area contributed by atoms with Gasteiger partial charge in [0.15, 0.2) is 0 Å². The molecule has 2 N–H and O–H groups in total. The average molecular weight is 878 g/mol. The van der Waals surface area contributed by atoms with Crippen molar-refractivity contribution in [2.75, 3.05) is 26.9 Å². The van der Waals surface area contributed by atoms with Crippen LogP contribution in [-0.4, -0.2) is 70.4 Å². The lowest BCUT2D eigenvalue weighted by Crippen LogP contribution is -2.69. The minimum atomic E-state index is -1.28. The van der Waals surface area contributed by atoms with Crippen LogP contribution in [0.2, 0.25) is 0 Å². The second-order valence-electron chi connectivity index (χ2n) is 18.2. The maximum Gasteiger partial charge on any atom is 0.239 e. The highest BCUT2D eigenvalue weighted by Crippen LogP contribution is 2.62. The van der Waals surface area contributed by atoms with Gasteiger partial charge in [-0.2, -0.15) is 0 Å². The fourth-order valence-electron chi connectivity index (χ4n) is 10.4. The molecule has 64 heavy (non-hydrogen) atoms. The van der Waals surface area contributed by atoms with Crippen LogP contribution in [0, 0.1) is 24.7 Å². The summed E-state index contributed by atoms with van der Waals surface area (Å²) >= 11 is 0. The van der Waals surface area contributed by atoms with Crippen LogP contribution in [0.5, 0.6) is 11.5 Å². The molecule has 2 aliphatic carbocycles. The summed E-state index contributed by atoms with van der Waals surface area (Å²) in [5.74, 6) is -0.0474. The molecule has 0 radical (unpaired) electrons. The smallest absolute Gasteiger partial charge is 0.239 e. The van der Waals surface area contributed by atoms with Crippen LogP contribution >= 0.6 is 0 Å². The van der Waals surface area contributed by atoms with Gasteiger partial charge in [0.2, 0.25) is 11.7 Å². The molecule has 1 aromatic heterocycles. The van der Waals surface area contributed by atoms with Gasteiger partial charge in [0.1, 0.15) is 30.8 Å². The van der Waals surface area contributed by atoms with E-state index in [1.54, 1.807) is 6.08 Å². The largest absolute Gasteiger partial charge is 0.487 e. The van der Waals surface area contributed by atoms with Crippen LogP contribution in [0.1, 0.15) is 145 Å². The molecule has 10 nitrogen and oxygen atoms in total. The summed E-state index contributed by atoms with van der Waals surface area (Å²) < 4.78 is 20.9. The van der Waals surface area contributed by atoms with Gasteiger partial charge in [-0.1, -0.05) is 125 Å². The zero-order valence-electron chi connectivity index (χ0n) is 38.9. The van der Waals surface area contributed by atoms with Crippen molar-refractivity contribution >= 4 is 11.6 Å². The third-order valence-corrected chi connectivity index (χ3v) is 13.6. The first-order valence-corrected chi connectivity index (χ1v) is 24.4. The number of oxime groups is 1. The number of hydrogen-bond acceptors (Lipinski definition) is 9. The third-order valence-electron chi connectivity index (χ3n) is 13.6. The van der Waals surface area contributed by atoms with Gasteiger partial charge in [0, 0.05) is 50.3 Å². The van der Waals surface area contributed by atoms with E-state index >= 15 is 0 Å². The second kappa shape index (κ2) is 25.3. The Balaban J connectivity index is 1.42.